The molecule has 0 fully saturated rings. The molecule has 1 N–H and O–H groups in total. The standard InChI is InChI=1S/C12H13ClN4OS/c1-19-6-4-11(18)15-10-8-17(16-12(10)13)9-3-2-5-14-7-9/h2-3,5,7-8H,4,6H2,1H3,(H,15,18). The third kappa shape index (κ3) is 3.71. The van der Waals surface area contributed by atoms with Gasteiger partial charge in [-0.25, -0.2) is 4.68 Å². The lowest BCUT2D eigenvalue weighted by Crippen LogP contribution is -2.11. The number of anilines is 1. The van der Waals surface area contributed by atoms with Gasteiger partial charge in [0, 0.05) is 18.4 Å². The Kier molecular flexibility index (Phi) is 4.81. The van der Waals surface area contributed by atoms with Crippen LogP contribution in [0.25, 0.3) is 5.69 Å². The van der Waals surface area contributed by atoms with Crippen LogP contribution in [0, 0.1) is 0 Å². The quantitative estimate of drug-likeness (QED) is 0.921. The van der Waals surface area contributed by atoms with Crippen LogP contribution in [-0.2, 0) is 4.79 Å². The zero-order chi connectivity index (χ0) is 13.7. The summed E-state index contributed by atoms with van der Waals surface area (Å²) in [5.41, 5.74) is 1.30. The molecule has 5 nitrogen and oxygen atoms in total. The molecule has 2 aromatic heterocycles. The molecule has 2 rings (SSSR count). The van der Waals surface area contributed by atoms with Gasteiger partial charge < -0.3 is 5.32 Å². The highest BCUT2D eigenvalue weighted by Gasteiger charge is 2.10. The van der Waals surface area contributed by atoms with Crippen LogP contribution in [0.1, 0.15) is 6.42 Å². The number of rotatable bonds is 5. The SMILES string of the molecule is CSCCC(=O)Nc1cn(-c2cccnc2)nc1Cl. The highest BCUT2D eigenvalue weighted by atomic mass is 35.5. The maximum Gasteiger partial charge on any atom is 0.225 e. The van der Waals surface area contributed by atoms with Crippen molar-refractivity contribution in [2.75, 3.05) is 17.3 Å². The van der Waals surface area contributed by atoms with Crippen molar-refractivity contribution in [3.63, 3.8) is 0 Å². The zero-order valence-corrected chi connectivity index (χ0v) is 11.9. The number of carbonyl (C=O) groups excluding carboxylic acids is 1. The normalized spacial score (nSPS) is 10.4. The van der Waals surface area contributed by atoms with Crippen molar-refractivity contribution in [1.29, 1.82) is 0 Å². The van der Waals surface area contributed by atoms with Crippen LogP contribution < -0.4 is 5.32 Å². The van der Waals surface area contributed by atoms with Crippen LogP contribution in [0.5, 0.6) is 0 Å². The second-order valence-electron chi connectivity index (χ2n) is 3.78. The molecular weight excluding hydrogens is 284 g/mol. The van der Waals surface area contributed by atoms with Gasteiger partial charge in [0.2, 0.25) is 5.91 Å². The molecule has 7 heteroatoms. The molecule has 0 aliphatic carbocycles. The highest BCUT2D eigenvalue weighted by Crippen LogP contribution is 2.21. The van der Waals surface area contributed by atoms with Crippen LogP contribution in [0.2, 0.25) is 5.15 Å². The number of amides is 1. The maximum atomic E-state index is 11.6. The summed E-state index contributed by atoms with van der Waals surface area (Å²) in [5.74, 6) is 0.710. The molecule has 0 aromatic carbocycles. The molecule has 0 saturated carbocycles. The fourth-order valence-electron chi connectivity index (χ4n) is 1.47. The van der Waals surface area contributed by atoms with Crippen molar-refractivity contribution < 1.29 is 4.79 Å². The molecule has 0 aliphatic rings. The molecule has 0 spiro atoms. The third-order valence-electron chi connectivity index (χ3n) is 2.39. The minimum absolute atomic E-state index is 0.0676. The highest BCUT2D eigenvalue weighted by molar-refractivity contribution is 7.98. The second-order valence-corrected chi connectivity index (χ2v) is 5.12. The van der Waals surface area contributed by atoms with Gasteiger partial charge in [0.15, 0.2) is 5.15 Å². The summed E-state index contributed by atoms with van der Waals surface area (Å²) in [6, 6.07) is 3.66. The largest absolute Gasteiger partial charge is 0.322 e. The first-order chi connectivity index (χ1) is 9.20. The van der Waals surface area contributed by atoms with Crippen molar-refractivity contribution in [3.8, 4) is 5.69 Å². The number of nitrogens with one attached hydrogen (secondary N) is 1. The average Bonchev–Trinajstić information content (AvgIpc) is 2.79. The predicted octanol–water partition coefficient (Wildman–Crippen LogP) is 2.61. The van der Waals surface area contributed by atoms with E-state index in [9.17, 15) is 4.79 Å². The Labute approximate surface area is 120 Å². The lowest BCUT2D eigenvalue weighted by molar-refractivity contribution is -0.115. The number of thioether (sulfide) groups is 1. The number of aromatic nitrogens is 3. The van der Waals surface area contributed by atoms with E-state index < -0.39 is 0 Å². The lowest BCUT2D eigenvalue weighted by atomic mass is 10.4. The van der Waals surface area contributed by atoms with Crippen LogP contribution in [0.4, 0.5) is 5.69 Å². The Hall–Kier alpha value is -1.53. The van der Waals surface area contributed by atoms with E-state index in [1.807, 2.05) is 18.4 Å². The fourth-order valence-corrected chi connectivity index (χ4v) is 2.03. The molecule has 2 heterocycles. The number of hydrogen-bond donors (Lipinski definition) is 1. The summed E-state index contributed by atoms with van der Waals surface area (Å²) in [7, 11) is 0. The van der Waals surface area contributed by atoms with E-state index in [1.54, 1.807) is 35.0 Å². The van der Waals surface area contributed by atoms with Crippen LogP contribution in [0.15, 0.2) is 30.7 Å². The number of carbonyl (C=O) groups is 1. The first-order valence-corrected chi connectivity index (χ1v) is 7.42. The number of halogens is 1. The monoisotopic (exact) mass is 296 g/mol. The fraction of sp³-hybridized carbons (Fsp3) is 0.250. The smallest absolute Gasteiger partial charge is 0.225 e. The summed E-state index contributed by atoms with van der Waals surface area (Å²) in [4.78, 5) is 15.6. The third-order valence-corrected chi connectivity index (χ3v) is 3.28. The van der Waals surface area contributed by atoms with Gasteiger partial charge in [0.1, 0.15) is 0 Å². The molecule has 0 aliphatic heterocycles. The number of nitrogens with zero attached hydrogens (tertiary/aromatic N) is 3. The van der Waals surface area contributed by atoms with Crippen molar-refractivity contribution in [2.45, 2.75) is 6.42 Å². The van der Waals surface area contributed by atoms with E-state index in [1.165, 1.54) is 0 Å². The molecule has 1 amide bonds. The topological polar surface area (TPSA) is 59.8 Å². The summed E-state index contributed by atoms with van der Waals surface area (Å²) < 4.78 is 1.58. The van der Waals surface area contributed by atoms with Crippen molar-refractivity contribution >= 4 is 35.0 Å². The summed E-state index contributed by atoms with van der Waals surface area (Å²) >= 11 is 7.62. The zero-order valence-electron chi connectivity index (χ0n) is 10.3. The van der Waals surface area contributed by atoms with Crippen molar-refractivity contribution in [3.05, 3.63) is 35.9 Å². The Morgan fingerprint density at radius 3 is 3.11 bits per heavy atom. The van der Waals surface area contributed by atoms with Gasteiger partial charge >= 0.3 is 0 Å². The second kappa shape index (κ2) is 6.58. The van der Waals surface area contributed by atoms with Crippen molar-refractivity contribution in [2.24, 2.45) is 0 Å². The van der Waals surface area contributed by atoms with Crippen LogP contribution in [0.3, 0.4) is 0 Å². The van der Waals surface area contributed by atoms with Gasteiger partial charge in [0.05, 0.1) is 23.8 Å². The number of pyridine rings is 1. The molecule has 0 bridgehead atoms. The van der Waals surface area contributed by atoms with Crippen LogP contribution in [-0.4, -0.2) is 32.7 Å². The first-order valence-electron chi connectivity index (χ1n) is 5.65. The molecule has 19 heavy (non-hydrogen) atoms. The lowest BCUT2D eigenvalue weighted by Gasteiger charge is -2.01. The Morgan fingerprint density at radius 2 is 2.42 bits per heavy atom. The van der Waals surface area contributed by atoms with E-state index in [-0.39, 0.29) is 11.1 Å². The summed E-state index contributed by atoms with van der Waals surface area (Å²) in [6.45, 7) is 0. The summed E-state index contributed by atoms with van der Waals surface area (Å²) in [5, 5.41) is 7.15. The summed E-state index contributed by atoms with van der Waals surface area (Å²) in [6.07, 6.45) is 7.44. The van der Waals surface area contributed by atoms with Gasteiger partial charge in [-0.1, -0.05) is 11.6 Å². The van der Waals surface area contributed by atoms with Crippen LogP contribution >= 0.6 is 23.4 Å². The molecule has 0 unspecified atom stereocenters. The van der Waals surface area contributed by atoms with E-state index in [0.717, 1.165) is 11.4 Å². The van der Waals surface area contributed by atoms with Gasteiger partial charge in [-0.2, -0.15) is 16.9 Å². The van der Waals surface area contributed by atoms with E-state index in [2.05, 4.69) is 15.4 Å². The van der Waals surface area contributed by atoms with E-state index in [4.69, 9.17) is 11.6 Å². The molecular formula is C12H13ClN4OS. The first kappa shape index (κ1) is 13.9. The van der Waals surface area contributed by atoms with E-state index >= 15 is 0 Å². The van der Waals surface area contributed by atoms with Gasteiger partial charge in [-0.15, -0.1) is 0 Å². The Balaban J connectivity index is 2.11. The van der Waals surface area contributed by atoms with Gasteiger partial charge in [-0.3, -0.25) is 9.78 Å². The molecule has 100 valence electrons. The van der Waals surface area contributed by atoms with Gasteiger partial charge in [-0.05, 0) is 18.4 Å². The van der Waals surface area contributed by atoms with E-state index in [0.29, 0.717) is 12.1 Å². The Bertz CT molecular complexity index is 558. The minimum Gasteiger partial charge on any atom is -0.322 e. The average molecular weight is 297 g/mol. The van der Waals surface area contributed by atoms with Gasteiger partial charge in [0.25, 0.3) is 0 Å². The molecule has 2 aromatic rings. The molecule has 0 atom stereocenters. The minimum atomic E-state index is -0.0676. The number of hydrogen-bond acceptors (Lipinski definition) is 4. The maximum absolute atomic E-state index is 11.6. The molecule has 0 saturated heterocycles. The van der Waals surface area contributed by atoms with Crippen molar-refractivity contribution in [1.82, 2.24) is 14.8 Å². The predicted molar refractivity (Wildman–Crippen MR) is 78.0 cm³/mol. The molecule has 0 radical (unpaired) electrons. The Morgan fingerprint density at radius 1 is 1.58 bits per heavy atom.